The Balaban J connectivity index is 2.79. The number of amides is 2. The van der Waals surface area contributed by atoms with Gasteiger partial charge in [-0.25, -0.2) is 0 Å². The van der Waals surface area contributed by atoms with Crippen molar-refractivity contribution in [1.82, 2.24) is 4.90 Å². The number of anilines is 2. The van der Waals surface area contributed by atoms with Crippen molar-refractivity contribution in [2.24, 2.45) is 0 Å². The number of halogens is 1. The van der Waals surface area contributed by atoms with Crippen molar-refractivity contribution in [1.29, 1.82) is 0 Å². The summed E-state index contributed by atoms with van der Waals surface area (Å²) < 4.78 is 0. The molecule has 1 aromatic carbocycles. The van der Waals surface area contributed by atoms with Crippen LogP contribution in [0, 0.1) is 0 Å². The molecule has 0 fully saturated rings. The highest BCUT2D eigenvalue weighted by Crippen LogP contribution is 2.25. The second-order valence-corrected chi connectivity index (χ2v) is 5.04. The van der Waals surface area contributed by atoms with Gasteiger partial charge in [-0.15, -0.1) is 13.2 Å². The maximum absolute atomic E-state index is 12.2. The third-order valence-electron chi connectivity index (χ3n) is 2.77. The zero-order valence-electron chi connectivity index (χ0n) is 12.6. The fourth-order valence-corrected chi connectivity index (χ4v) is 2.01. The number of hydrogen-bond acceptors (Lipinski definition) is 3. The largest absolute Gasteiger partial charge is 0.374 e. The van der Waals surface area contributed by atoms with Crippen molar-refractivity contribution < 1.29 is 9.59 Å². The zero-order chi connectivity index (χ0) is 16.5. The molecule has 0 aliphatic rings. The summed E-state index contributed by atoms with van der Waals surface area (Å²) >= 11 is 5.96. The topological polar surface area (TPSA) is 61.4 Å². The molecule has 0 saturated heterocycles. The first kappa shape index (κ1) is 17.8. The van der Waals surface area contributed by atoms with Crippen LogP contribution >= 0.6 is 11.6 Å². The number of carbonyl (C=O) groups is 2. The van der Waals surface area contributed by atoms with E-state index in [0.717, 1.165) is 0 Å². The summed E-state index contributed by atoms with van der Waals surface area (Å²) in [4.78, 5) is 25.0. The van der Waals surface area contributed by atoms with Crippen molar-refractivity contribution in [3.63, 3.8) is 0 Å². The third-order valence-corrected chi connectivity index (χ3v) is 3.01. The second kappa shape index (κ2) is 8.89. The molecule has 0 aromatic heterocycles. The number of nitrogens with one attached hydrogen (secondary N) is 2. The molecule has 6 heteroatoms. The molecule has 0 heterocycles. The molecule has 0 aliphatic heterocycles. The van der Waals surface area contributed by atoms with E-state index < -0.39 is 0 Å². The van der Waals surface area contributed by atoms with Gasteiger partial charge < -0.3 is 15.5 Å². The Morgan fingerprint density at radius 3 is 2.41 bits per heavy atom. The average molecular weight is 322 g/mol. The molecule has 0 aliphatic carbocycles. The van der Waals surface area contributed by atoms with E-state index in [2.05, 4.69) is 23.8 Å². The van der Waals surface area contributed by atoms with Crippen LogP contribution in [0.25, 0.3) is 0 Å². The van der Waals surface area contributed by atoms with E-state index in [1.54, 1.807) is 35.3 Å². The molecular formula is C16H20ClN3O2. The highest BCUT2D eigenvalue weighted by atomic mass is 35.5. The molecule has 0 saturated carbocycles. The molecular weight excluding hydrogens is 302 g/mol. The smallest absolute Gasteiger partial charge is 0.242 e. The van der Waals surface area contributed by atoms with Gasteiger partial charge in [-0.3, -0.25) is 9.59 Å². The molecule has 1 aromatic rings. The Morgan fingerprint density at radius 1 is 1.23 bits per heavy atom. The molecule has 2 amide bonds. The molecule has 0 bridgehead atoms. The fraction of sp³-hybridized carbons (Fsp3) is 0.250. The second-order valence-electron chi connectivity index (χ2n) is 4.60. The maximum Gasteiger partial charge on any atom is 0.242 e. The minimum absolute atomic E-state index is 0.0780. The summed E-state index contributed by atoms with van der Waals surface area (Å²) in [5.41, 5.74) is 1.16. The summed E-state index contributed by atoms with van der Waals surface area (Å²) in [5.74, 6) is -0.301. The van der Waals surface area contributed by atoms with E-state index in [1.807, 2.05) is 0 Å². The Labute approximate surface area is 135 Å². The SMILES string of the molecule is C=CCN(CC=C)C(=O)CNc1cc(Cl)ccc1NC(C)=O. The van der Waals surface area contributed by atoms with E-state index >= 15 is 0 Å². The van der Waals surface area contributed by atoms with E-state index in [4.69, 9.17) is 11.6 Å². The molecule has 22 heavy (non-hydrogen) atoms. The maximum atomic E-state index is 12.2. The van der Waals surface area contributed by atoms with Gasteiger partial charge in [-0.05, 0) is 18.2 Å². The average Bonchev–Trinajstić information content (AvgIpc) is 2.46. The van der Waals surface area contributed by atoms with Crippen LogP contribution in [-0.4, -0.2) is 36.3 Å². The van der Waals surface area contributed by atoms with Crippen LogP contribution in [0.4, 0.5) is 11.4 Å². The lowest BCUT2D eigenvalue weighted by atomic mass is 10.2. The predicted octanol–water partition coefficient (Wildman–Crippen LogP) is 2.91. The van der Waals surface area contributed by atoms with Crippen LogP contribution in [0.1, 0.15) is 6.92 Å². The molecule has 2 N–H and O–H groups in total. The van der Waals surface area contributed by atoms with Crippen molar-refractivity contribution >= 4 is 34.8 Å². The lowest BCUT2D eigenvalue weighted by Crippen LogP contribution is -2.35. The van der Waals surface area contributed by atoms with Gasteiger partial charge in [-0.1, -0.05) is 23.8 Å². The molecule has 0 atom stereocenters. The van der Waals surface area contributed by atoms with Gasteiger partial charge in [0.2, 0.25) is 11.8 Å². The highest BCUT2D eigenvalue weighted by Gasteiger charge is 2.12. The molecule has 0 radical (unpaired) electrons. The van der Waals surface area contributed by atoms with Crippen molar-refractivity contribution in [2.75, 3.05) is 30.3 Å². The van der Waals surface area contributed by atoms with Crippen molar-refractivity contribution in [3.05, 3.63) is 48.5 Å². The van der Waals surface area contributed by atoms with Crippen LogP contribution in [0.3, 0.4) is 0 Å². The lowest BCUT2D eigenvalue weighted by molar-refractivity contribution is -0.128. The summed E-state index contributed by atoms with van der Waals surface area (Å²) in [7, 11) is 0. The number of hydrogen-bond donors (Lipinski definition) is 2. The van der Waals surface area contributed by atoms with Gasteiger partial charge in [0.05, 0.1) is 17.9 Å². The first-order chi connectivity index (χ1) is 10.5. The standard InChI is InChI=1S/C16H20ClN3O2/c1-4-8-20(9-5-2)16(22)11-18-15-10-13(17)6-7-14(15)19-12(3)21/h4-7,10,18H,1-2,8-9,11H2,3H3,(H,19,21). The fourth-order valence-electron chi connectivity index (χ4n) is 1.83. The normalized spacial score (nSPS) is 9.73. The van der Waals surface area contributed by atoms with Crippen molar-refractivity contribution in [3.8, 4) is 0 Å². The molecule has 5 nitrogen and oxygen atoms in total. The van der Waals surface area contributed by atoms with Gasteiger partial charge in [-0.2, -0.15) is 0 Å². The highest BCUT2D eigenvalue weighted by molar-refractivity contribution is 6.31. The first-order valence-corrected chi connectivity index (χ1v) is 7.16. The summed E-state index contributed by atoms with van der Waals surface area (Å²) in [5, 5.41) is 6.20. The number of benzene rings is 1. The third kappa shape index (κ3) is 5.61. The van der Waals surface area contributed by atoms with Crippen LogP contribution < -0.4 is 10.6 Å². The summed E-state index contributed by atoms with van der Waals surface area (Å²) in [6, 6.07) is 5.01. The van der Waals surface area contributed by atoms with Crippen LogP contribution in [-0.2, 0) is 9.59 Å². The number of rotatable bonds is 8. The lowest BCUT2D eigenvalue weighted by Gasteiger charge is -2.20. The summed E-state index contributed by atoms with van der Waals surface area (Å²) in [6.45, 7) is 9.64. The Hall–Kier alpha value is -2.27. The Bertz CT molecular complexity index is 563. The summed E-state index contributed by atoms with van der Waals surface area (Å²) in [6.07, 6.45) is 3.31. The molecule has 1 rings (SSSR count). The number of nitrogens with zero attached hydrogens (tertiary/aromatic N) is 1. The monoisotopic (exact) mass is 321 g/mol. The molecule has 0 unspecified atom stereocenters. The Morgan fingerprint density at radius 2 is 1.86 bits per heavy atom. The number of carbonyl (C=O) groups excluding carboxylic acids is 2. The van der Waals surface area contributed by atoms with Gasteiger partial charge >= 0.3 is 0 Å². The van der Waals surface area contributed by atoms with E-state index in [-0.39, 0.29) is 18.4 Å². The van der Waals surface area contributed by atoms with Crippen LogP contribution in [0.15, 0.2) is 43.5 Å². The molecule has 118 valence electrons. The van der Waals surface area contributed by atoms with E-state index in [0.29, 0.717) is 29.5 Å². The minimum Gasteiger partial charge on any atom is -0.374 e. The van der Waals surface area contributed by atoms with Gasteiger partial charge in [0.1, 0.15) is 0 Å². The Kier molecular flexibility index (Phi) is 7.19. The first-order valence-electron chi connectivity index (χ1n) is 6.78. The zero-order valence-corrected chi connectivity index (χ0v) is 13.3. The molecule has 0 spiro atoms. The van der Waals surface area contributed by atoms with E-state index in [9.17, 15) is 9.59 Å². The van der Waals surface area contributed by atoms with Gasteiger partial charge in [0.15, 0.2) is 0 Å². The van der Waals surface area contributed by atoms with Gasteiger partial charge in [0.25, 0.3) is 0 Å². The van der Waals surface area contributed by atoms with Gasteiger partial charge in [0, 0.05) is 25.0 Å². The van der Waals surface area contributed by atoms with Crippen molar-refractivity contribution in [2.45, 2.75) is 6.92 Å². The quantitative estimate of drug-likeness (QED) is 0.724. The minimum atomic E-state index is -0.198. The van der Waals surface area contributed by atoms with E-state index in [1.165, 1.54) is 6.92 Å². The van der Waals surface area contributed by atoms with Crippen LogP contribution in [0.5, 0.6) is 0 Å². The van der Waals surface area contributed by atoms with Crippen LogP contribution in [0.2, 0.25) is 5.02 Å². The predicted molar refractivity (Wildman–Crippen MR) is 91.2 cm³/mol.